The van der Waals surface area contributed by atoms with Gasteiger partial charge in [-0.3, -0.25) is 10.0 Å². The largest absolute Gasteiger partial charge is 0.496 e. The van der Waals surface area contributed by atoms with Crippen molar-refractivity contribution in [1.82, 2.24) is 14.9 Å². The third kappa shape index (κ3) is 4.52. The van der Waals surface area contributed by atoms with Gasteiger partial charge in [0.1, 0.15) is 16.9 Å². The molecule has 1 saturated heterocycles. The van der Waals surface area contributed by atoms with Crippen LogP contribution in [0.3, 0.4) is 0 Å². The highest BCUT2D eigenvalue weighted by molar-refractivity contribution is 5.85. The minimum atomic E-state index is -1.22. The molecular formula is C26H29N3O7. The fraction of sp³-hybridized carbons (Fsp3) is 0.346. The number of nitrogens with zero attached hydrogens (tertiary/aromatic N) is 3. The van der Waals surface area contributed by atoms with Crippen LogP contribution in [0.1, 0.15) is 24.3 Å². The van der Waals surface area contributed by atoms with Crippen molar-refractivity contribution >= 4 is 12.0 Å². The lowest BCUT2D eigenvalue weighted by molar-refractivity contribution is -0.150. The average molecular weight is 496 g/mol. The number of likely N-dealkylation sites (tertiary alicyclic amines) is 1. The first-order valence-electron chi connectivity index (χ1n) is 11.5. The number of para-hydroxylation sites is 1. The summed E-state index contributed by atoms with van der Waals surface area (Å²) in [5, 5.41) is 19.5. The van der Waals surface area contributed by atoms with Crippen molar-refractivity contribution < 1.29 is 33.8 Å². The van der Waals surface area contributed by atoms with Gasteiger partial charge in [0.25, 0.3) is 0 Å². The van der Waals surface area contributed by atoms with E-state index in [2.05, 4.69) is 0 Å². The summed E-state index contributed by atoms with van der Waals surface area (Å²) >= 11 is 0. The van der Waals surface area contributed by atoms with Crippen LogP contribution in [0.15, 0.2) is 52.9 Å². The van der Waals surface area contributed by atoms with Crippen molar-refractivity contribution in [3.05, 3.63) is 60.0 Å². The number of methoxy groups -OCH3 is 2. The zero-order valence-corrected chi connectivity index (χ0v) is 20.4. The van der Waals surface area contributed by atoms with Crippen molar-refractivity contribution in [2.75, 3.05) is 34.4 Å². The van der Waals surface area contributed by atoms with Gasteiger partial charge in [-0.2, -0.15) is 0 Å². The van der Waals surface area contributed by atoms with Crippen LogP contribution in [0, 0.1) is 0 Å². The summed E-state index contributed by atoms with van der Waals surface area (Å²) in [7, 11) is 4.13. The number of amides is 2. The molecule has 1 fully saturated rings. The number of carbonyl (C=O) groups excluding carboxylic acids is 2. The van der Waals surface area contributed by atoms with E-state index >= 15 is 0 Å². The molecule has 0 unspecified atom stereocenters. The Balaban J connectivity index is 1.84. The summed E-state index contributed by atoms with van der Waals surface area (Å²) in [6, 6.07) is 14.0. The summed E-state index contributed by atoms with van der Waals surface area (Å²) in [4.78, 5) is 31.7. The number of urea groups is 1. The zero-order valence-electron chi connectivity index (χ0n) is 20.4. The van der Waals surface area contributed by atoms with Crippen LogP contribution < -0.4 is 4.74 Å². The van der Waals surface area contributed by atoms with E-state index in [0.717, 1.165) is 5.56 Å². The molecule has 3 aromatic rings. The summed E-state index contributed by atoms with van der Waals surface area (Å²) < 4.78 is 17.1. The minimum absolute atomic E-state index is 0.0923. The van der Waals surface area contributed by atoms with Crippen LogP contribution in [0.5, 0.6) is 5.75 Å². The maximum Gasteiger partial charge on any atom is 0.343 e. The number of hydrogen-bond acceptors (Lipinski definition) is 8. The fourth-order valence-corrected chi connectivity index (χ4v) is 4.49. The van der Waals surface area contributed by atoms with Crippen LogP contribution >= 0.6 is 0 Å². The number of aromatic nitrogens is 1. The van der Waals surface area contributed by atoms with Crippen molar-refractivity contribution in [1.29, 1.82) is 0 Å². The molecule has 0 spiro atoms. The second kappa shape index (κ2) is 10.4. The van der Waals surface area contributed by atoms with Gasteiger partial charge in [-0.25, -0.2) is 14.8 Å². The smallest absolute Gasteiger partial charge is 0.343 e. The molecule has 2 N–H and O–H groups in total. The van der Waals surface area contributed by atoms with Gasteiger partial charge in [-0.05, 0) is 30.5 Å². The number of ether oxygens (including phenoxy) is 2. The topological polar surface area (TPSA) is 126 Å². The van der Waals surface area contributed by atoms with E-state index in [1.165, 1.54) is 19.1 Å². The standard InChI is InChI=1S/C26H29N3O7/c1-28(33)25(32)29-14-12-26(13-15-29,24(31)35-3)23-27-21(19-6-4-5-7-20(19)34-2)22(36-23)18-10-8-17(16-30)9-11-18/h4-11,30,33H,12-16H2,1-3H3. The summed E-state index contributed by atoms with van der Waals surface area (Å²) in [5.41, 5.74) is 1.41. The molecule has 2 heterocycles. The van der Waals surface area contributed by atoms with Gasteiger partial charge in [0.15, 0.2) is 5.76 Å². The average Bonchev–Trinajstić information content (AvgIpc) is 3.38. The van der Waals surface area contributed by atoms with Gasteiger partial charge in [0, 0.05) is 31.3 Å². The quantitative estimate of drug-likeness (QED) is 0.303. The van der Waals surface area contributed by atoms with Gasteiger partial charge in [0.05, 0.1) is 20.8 Å². The van der Waals surface area contributed by atoms with Gasteiger partial charge in [-0.15, -0.1) is 0 Å². The Morgan fingerprint density at radius 2 is 1.78 bits per heavy atom. The number of benzene rings is 2. The summed E-state index contributed by atoms with van der Waals surface area (Å²) in [5.74, 6) is 0.697. The molecule has 0 saturated carbocycles. The molecule has 10 heteroatoms. The second-order valence-electron chi connectivity index (χ2n) is 8.62. The number of rotatable bonds is 6. The summed E-state index contributed by atoms with van der Waals surface area (Å²) in [6.07, 6.45) is 0.405. The van der Waals surface area contributed by atoms with Crippen molar-refractivity contribution in [3.8, 4) is 28.3 Å². The first-order chi connectivity index (χ1) is 17.3. The van der Waals surface area contributed by atoms with Crippen LogP contribution in [-0.4, -0.2) is 71.6 Å². The molecule has 0 bridgehead atoms. The molecule has 2 amide bonds. The number of hydroxylamine groups is 2. The Hall–Kier alpha value is -3.89. The Morgan fingerprint density at radius 3 is 2.36 bits per heavy atom. The normalized spacial score (nSPS) is 14.9. The molecular weight excluding hydrogens is 466 g/mol. The fourth-order valence-electron chi connectivity index (χ4n) is 4.49. The number of aliphatic hydroxyl groups is 1. The molecule has 0 atom stereocenters. The Kier molecular flexibility index (Phi) is 7.27. The minimum Gasteiger partial charge on any atom is -0.496 e. The second-order valence-corrected chi connectivity index (χ2v) is 8.62. The third-order valence-corrected chi connectivity index (χ3v) is 6.54. The molecule has 1 aliphatic heterocycles. The molecule has 4 rings (SSSR count). The predicted octanol–water partition coefficient (Wildman–Crippen LogP) is 3.46. The highest BCUT2D eigenvalue weighted by Gasteiger charge is 2.49. The maximum atomic E-state index is 13.2. The predicted molar refractivity (Wildman–Crippen MR) is 129 cm³/mol. The first kappa shape index (κ1) is 25.2. The van der Waals surface area contributed by atoms with E-state index in [4.69, 9.17) is 18.9 Å². The lowest BCUT2D eigenvalue weighted by Crippen LogP contribution is -2.51. The Labute approximate surface area is 208 Å². The van der Waals surface area contributed by atoms with E-state index in [0.29, 0.717) is 33.4 Å². The molecule has 0 aliphatic carbocycles. The molecule has 1 aromatic heterocycles. The van der Waals surface area contributed by atoms with E-state index in [-0.39, 0.29) is 38.4 Å². The highest BCUT2D eigenvalue weighted by Crippen LogP contribution is 2.43. The first-order valence-corrected chi connectivity index (χ1v) is 11.5. The number of carbonyl (C=O) groups is 2. The number of esters is 1. The summed E-state index contributed by atoms with van der Waals surface area (Å²) in [6.45, 7) is 0.308. The maximum absolute atomic E-state index is 13.2. The van der Waals surface area contributed by atoms with Crippen molar-refractivity contribution in [2.45, 2.75) is 24.9 Å². The lowest BCUT2D eigenvalue weighted by atomic mass is 9.78. The molecule has 1 aliphatic rings. The molecule has 190 valence electrons. The molecule has 36 heavy (non-hydrogen) atoms. The van der Waals surface area contributed by atoms with Crippen LogP contribution in [0.2, 0.25) is 0 Å². The van der Waals surface area contributed by atoms with E-state index in [9.17, 15) is 19.9 Å². The van der Waals surface area contributed by atoms with Crippen molar-refractivity contribution in [3.63, 3.8) is 0 Å². The monoisotopic (exact) mass is 495 g/mol. The molecule has 2 aromatic carbocycles. The van der Waals surface area contributed by atoms with Gasteiger partial charge in [0.2, 0.25) is 5.89 Å². The Bertz CT molecular complexity index is 1230. The number of aliphatic hydroxyl groups excluding tert-OH is 1. The number of piperidine rings is 1. The molecule has 10 nitrogen and oxygen atoms in total. The van der Waals surface area contributed by atoms with Gasteiger partial charge >= 0.3 is 12.0 Å². The lowest BCUT2D eigenvalue weighted by Gasteiger charge is -2.38. The van der Waals surface area contributed by atoms with Crippen LogP contribution in [0.25, 0.3) is 22.6 Å². The van der Waals surface area contributed by atoms with Crippen LogP contribution in [0.4, 0.5) is 4.79 Å². The number of oxazole rings is 1. The highest BCUT2D eigenvalue weighted by atomic mass is 16.5. The number of hydrogen-bond donors (Lipinski definition) is 2. The van der Waals surface area contributed by atoms with E-state index in [1.807, 2.05) is 36.4 Å². The SMILES string of the molecule is COC(=O)C1(c2nc(-c3ccccc3OC)c(-c3ccc(CO)cc3)o2)CCN(C(=O)N(C)O)CC1. The zero-order chi connectivity index (χ0) is 25.9. The van der Waals surface area contributed by atoms with Crippen LogP contribution in [-0.2, 0) is 21.6 Å². The Morgan fingerprint density at radius 1 is 1.11 bits per heavy atom. The van der Waals surface area contributed by atoms with E-state index in [1.54, 1.807) is 19.2 Å². The van der Waals surface area contributed by atoms with Crippen molar-refractivity contribution in [2.24, 2.45) is 0 Å². The molecule has 0 radical (unpaired) electrons. The van der Waals surface area contributed by atoms with Gasteiger partial charge < -0.3 is 23.9 Å². The van der Waals surface area contributed by atoms with E-state index < -0.39 is 17.4 Å². The van der Waals surface area contributed by atoms with Gasteiger partial charge in [-0.1, -0.05) is 36.4 Å². The third-order valence-electron chi connectivity index (χ3n) is 6.54.